The molecule has 0 bridgehead atoms. The zero-order chi connectivity index (χ0) is 19.8. The van der Waals surface area contributed by atoms with E-state index in [1.54, 1.807) is 0 Å². The summed E-state index contributed by atoms with van der Waals surface area (Å²) >= 11 is 0. The van der Waals surface area contributed by atoms with E-state index in [2.05, 4.69) is 27.5 Å². The lowest BCUT2D eigenvalue weighted by Crippen LogP contribution is -2.16. The summed E-state index contributed by atoms with van der Waals surface area (Å²) in [5, 5.41) is 6.24. The fourth-order valence-electron chi connectivity index (χ4n) is 2.74. The van der Waals surface area contributed by atoms with Crippen LogP contribution in [0.15, 0.2) is 60.9 Å². The maximum Gasteiger partial charge on any atom is 0.227 e. The molecule has 0 fully saturated rings. The van der Waals surface area contributed by atoms with Crippen molar-refractivity contribution in [1.82, 2.24) is 9.97 Å². The van der Waals surface area contributed by atoms with E-state index < -0.39 is 0 Å². The number of nitrogens with zero attached hydrogens (tertiary/aromatic N) is 2. The Kier molecular flexibility index (Phi) is 6.57. The van der Waals surface area contributed by atoms with Gasteiger partial charge in [0.25, 0.3) is 0 Å². The molecule has 3 rings (SSSR count). The van der Waals surface area contributed by atoms with Crippen LogP contribution in [0.1, 0.15) is 24.6 Å². The second kappa shape index (κ2) is 9.50. The number of hydrogen-bond acceptors (Lipinski definition) is 5. The van der Waals surface area contributed by atoms with Crippen LogP contribution in [0.3, 0.4) is 0 Å². The van der Waals surface area contributed by atoms with Crippen LogP contribution < -0.4 is 15.4 Å². The van der Waals surface area contributed by atoms with Gasteiger partial charge in [-0.1, -0.05) is 31.2 Å². The summed E-state index contributed by atoms with van der Waals surface area (Å²) in [6.45, 7) is 4.30. The van der Waals surface area contributed by atoms with Crippen molar-refractivity contribution in [2.24, 2.45) is 0 Å². The lowest BCUT2D eigenvalue weighted by atomic mass is 10.1. The third kappa shape index (κ3) is 5.54. The van der Waals surface area contributed by atoms with E-state index in [1.807, 2.05) is 61.5 Å². The summed E-state index contributed by atoms with van der Waals surface area (Å²) in [7, 11) is 0. The molecule has 0 aliphatic heterocycles. The van der Waals surface area contributed by atoms with Crippen LogP contribution >= 0.6 is 0 Å². The number of nitrogens with one attached hydrogen (secondary N) is 2. The zero-order valence-corrected chi connectivity index (χ0v) is 16.1. The van der Waals surface area contributed by atoms with Crippen LogP contribution in [-0.2, 0) is 11.2 Å². The summed E-state index contributed by atoms with van der Waals surface area (Å²) < 4.78 is 5.60. The first-order valence-corrected chi connectivity index (χ1v) is 9.30. The topological polar surface area (TPSA) is 76.1 Å². The second-order valence-electron chi connectivity index (χ2n) is 6.35. The van der Waals surface area contributed by atoms with E-state index in [1.165, 1.54) is 6.33 Å². The molecule has 1 heterocycles. The molecule has 0 saturated carbocycles. The number of ether oxygens (including phenoxy) is 1. The highest BCUT2D eigenvalue weighted by Crippen LogP contribution is 2.24. The molecule has 1 amide bonds. The van der Waals surface area contributed by atoms with Crippen LogP contribution in [0, 0.1) is 6.92 Å². The Hall–Kier alpha value is -3.41. The van der Waals surface area contributed by atoms with Gasteiger partial charge < -0.3 is 15.4 Å². The molecular formula is C22H24N4O2. The van der Waals surface area contributed by atoms with Crippen molar-refractivity contribution >= 4 is 23.1 Å². The first kappa shape index (κ1) is 19.4. The summed E-state index contributed by atoms with van der Waals surface area (Å²) in [4.78, 5) is 20.7. The summed E-state index contributed by atoms with van der Waals surface area (Å²) in [6.07, 6.45) is 2.62. The van der Waals surface area contributed by atoms with Gasteiger partial charge in [-0.05, 0) is 43.2 Å². The first-order chi connectivity index (χ1) is 13.6. The number of aromatic nitrogens is 2. The third-order valence-electron chi connectivity index (χ3n) is 4.18. The van der Waals surface area contributed by atoms with Crippen molar-refractivity contribution in [2.75, 3.05) is 17.2 Å². The van der Waals surface area contributed by atoms with Gasteiger partial charge in [0.05, 0.1) is 13.0 Å². The molecule has 28 heavy (non-hydrogen) atoms. The number of para-hydroxylation sites is 1. The number of carbonyl (C=O) groups is 1. The number of carbonyl (C=O) groups excluding carboxylic acids is 1. The van der Waals surface area contributed by atoms with Crippen molar-refractivity contribution in [3.63, 3.8) is 0 Å². The number of amides is 1. The maximum atomic E-state index is 12.4. The van der Waals surface area contributed by atoms with Gasteiger partial charge in [-0.25, -0.2) is 9.97 Å². The molecule has 0 radical (unpaired) electrons. The lowest BCUT2D eigenvalue weighted by molar-refractivity contribution is -0.116. The molecule has 1 aromatic heterocycles. The smallest absolute Gasteiger partial charge is 0.227 e. The maximum absolute atomic E-state index is 12.4. The Balaban J connectivity index is 1.62. The van der Waals surface area contributed by atoms with Crippen molar-refractivity contribution in [2.45, 2.75) is 26.7 Å². The minimum absolute atomic E-state index is 0.0827. The minimum atomic E-state index is -0.0827. The first-order valence-electron chi connectivity index (χ1n) is 9.30. The number of benzene rings is 2. The van der Waals surface area contributed by atoms with E-state index in [0.29, 0.717) is 12.4 Å². The van der Waals surface area contributed by atoms with E-state index in [0.717, 1.165) is 34.8 Å². The molecule has 0 unspecified atom stereocenters. The molecule has 6 nitrogen and oxygen atoms in total. The number of aryl methyl sites for hydroxylation is 2. The van der Waals surface area contributed by atoms with Gasteiger partial charge >= 0.3 is 0 Å². The van der Waals surface area contributed by atoms with Crippen LogP contribution in [-0.4, -0.2) is 22.5 Å². The monoisotopic (exact) mass is 376 g/mol. The Bertz CT molecular complexity index is 929. The predicted molar refractivity (Wildman–Crippen MR) is 111 cm³/mol. The van der Waals surface area contributed by atoms with Gasteiger partial charge in [-0.3, -0.25) is 4.79 Å². The van der Waals surface area contributed by atoms with Crippen molar-refractivity contribution < 1.29 is 9.53 Å². The zero-order valence-electron chi connectivity index (χ0n) is 16.1. The summed E-state index contributed by atoms with van der Waals surface area (Å²) in [5.74, 6) is 1.39. The molecule has 0 aliphatic rings. The predicted octanol–water partition coefficient (Wildman–Crippen LogP) is 4.50. The molecule has 2 aromatic carbocycles. The Morgan fingerprint density at radius 3 is 2.64 bits per heavy atom. The quantitative estimate of drug-likeness (QED) is 0.605. The van der Waals surface area contributed by atoms with Gasteiger partial charge in [0.2, 0.25) is 5.91 Å². The van der Waals surface area contributed by atoms with Gasteiger partial charge in [0.15, 0.2) is 0 Å². The highest BCUT2D eigenvalue weighted by Gasteiger charge is 2.08. The third-order valence-corrected chi connectivity index (χ3v) is 4.18. The molecule has 6 heteroatoms. The second-order valence-corrected chi connectivity index (χ2v) is 6.35. The summed E-state index contributed by atoms with van der Waals surface area (Å²) in [5.41, 5.74) is 3.60. The fourth-order valence-corrected chi connectivity index (χ4v) is 2.74. The van der Waals surface area contributed by atoms with Crippen LogP contribution in [0.2, 0.25) is 0 Å². The summed E-state index contributed by atoms with van der Waals surface area (Å²) in [6, 6.07) is 17.3. The largest absolute Gasteiger partial charge is 0.493 e. The molecule has 3 aromatic rings. The van der Waals surface area contributed by atoms with Crippen LogP contribution in [0.5, 0.6) is 5.75 Å². The fraction of sp³-hybridized carbons (Fsp3) is 0.227. The van der Waals surface area contributed by atoms with Crippen molar-refractivity contribution in [1.29, 1.82) is 0 Å². The number of hydrogen-bond donors (Lipinski definition) is 2. The van der Waals surface area contributed by atoms with Gasteiger partial charge in [-0.15, -0.1) is 0 Å². The van der Waals surface area contributed by atoms with Crippen molar-refractivity contribution in [3.05, 3.63) is 72.2 Å². The van der Waals surface area contributed by atoms with E-state index in [4.69, 9.17) is 4.74 Å². The number of rotatable bonds is 8. The van der Waals surface area contributed by atoms with Crippen LogP contribution in [0.4, 0.5) is 17.2 Å². The van der Waals surface area contributed by atoms with Gasteiger partial charge in [0, 0.05) is 23.1 Å². The molecule has 2 N–H and O–H groups in total. The Morgan fingerprint density at radius 1 is 1.07 bits per heavy atom. The van der Waals surface area contributed by atoms with Gasteiger partial charge in [-0.2, -0.15) is 0 Å². The number of anilines is 3. The SMILES string of the molecule is CCc1ccc(Nc2cc(C)ncn2)cc1NC(=O)CCOc1ccccc1. The van der Waals surface area contributed by atoms with E-state index in [-0.39, 0.29) is 12.3 Å². The van der Waals surface area contributed by atoms with Crippen molar-refractivity contribution in [3.8, 4) is 5.75 Å². The minimum Gasteiger partial charge on any atom is -0.493 e. The molecule has 0 aliphatic carbocycles. The molecule has 0 saturated heterocycles. The Labute approximate surface area is 165 Å². The standard InChI is InChI=1S/C22H24N4O2/c1-3-17-9-10-18(25-21-13-16(2)23-15-24-21)14-20(17)26-22(27)11-12-28-19-7-5-4-6-8-19/h4-10,13-15H,3,11-12H2,1-2H3,(H,26,27)(H,23,24,25). The molecule has 0 spiro atoms. The average Bonchev–Trinajstić information content (AvgIpc) is 2.69. The Morgan fingerprint density at radius 2 is 1.89 bits per heavy atom. The average molecular weight is 376 g/mol. The lowest BCUT2D eigenvalue weighted by Gasteiger charge is -2.13. The highest BCUT2D eigenvalue weighted by molar-refractivity contribution is 5.92. The highest BCUT2D eigenvalue weighted by atomic mass is 16.5. The molecular weight excluding hydrogens is 352 g/mol. The molecule has 0 atom stereocenters. The van der Waals surface area contributed by atoms with E-state index >= 15 is 0 Å². The molecule has 144 valence electrons. The van der Waals surface area contributed by atoms with Gasteiger partial charge in [0.1, 0.15) is 17.9 Å². The van der Waals surface area contributed by atoms with E-state index in [9.17, 15) is 4.79 Å². The van der Waals surface area contributed by atoms with Crippen LogP contribution in [0.25, 0.3) is 0 Å². The normalized spacial score (nSPS) is 10.4.